The van der Waals surface area contributed by atoms with Crippen molar-refractivity contribution in [2.24, 2.45) is 0 Å². The molecule has 1 heterocycles. The quantitative estimate of drug-likeness (QED) is 0.470. The molecule has 4 rings (SSSR count). The van der Waals surface area contributed by atoms with E-state index in [0.717, 1.165) is 27.7 Å². The van der Waals surface area contributed by atoms with Crippen LogP contribution in [0.5, 0.6) is 0 Å². The molecule has 0 fully saturated rings. The van der Waals surface area contributed by atoms with E-state index >= 15 is 0 Å². The Hall–Kier alpha value is -3.79. The van der Waals surface area contributed by atoms with E-state index < -0.39 is 0 Å². The molecular weight excluding hydrogens is 372 g/mol. The summed E-state index contributed by atoms with van der Waals surface area (Å²) in [6.45, 7) is 3.96. The number of fused-ring (bicyclic) bond motifs is 1. The minimum Gasteiger partial charge on any atom is -0.326 e. The average Bonchev–Trinajstić information content (AvgIpc) is 2.77. The number of hydrogen-bond acceptors (Lipinski definition) is 3. The third-order valence-electron chi connectivity index (χ3n) is 5.27. The highest BCUT2D eigenvalue weighted by molar-refractivity contribution is 6.09. The molecule has 30 heavy (non-hydrogen) atoms. The van der Waals surface area contributed by atoms with Gasteiger partial charge >= 0.3 is 0 Å². The Morgan fingerprint density at radius 1 is 0.833 bits per heavy atom. The van der Waals surface area contributed by atoms with Crippen LogP contribution in [0.25, 0.3) is 10.9 Å². The molecule has 4 aromatic rings. The van der Waals surface area contributed by atoms with E-state index in [4.69, 9.17) is 0 Å². The number of carbonyl (C=O) groups excluding carboxylic acids is 2. The topological polar surface area (TPSA) is 59.1 Å². The number of benzene rings is 3. The van der Waals surface area contributed by atoms with Gasteiger partial charge in [-0.15, -0.1) is 0 Å². The number of hydrogen-bond donors (Lipinski definition) is 1. The van der Waals surface area contributed by atoms with Crippen molar-refractivity contribution in [1.29, 1.82) is 0 Å². The van der Waals surface area contributed by atoms with Crippen molar-refractivity contribution in [1.82, 2.24) is 4.98 Å². The number of ketones is 1. The lowest BCUT2D eigenvalue weighted by molar-refractivity contribution is -0.115. The molecule has 4 heteroatoms. The Morgan fingerprint density at radius 3 is 2.33 bits per heavy atom. The third-order valence-corrected chi connectivity index (χ3v) is 5.27. The van der Waals surface area contributed by atoms with Crippen LogP contribution in [0.2, 0.25) is 0 Å². The Morgan fingerprint density at radius 2 is 1.53 bits per heavy atom. The van der Waals surface area contributed by atoms with Crippen molar-refractivity contribution in [3.63, 3.8) is 0 Å². The van der Waals surface area contributed by atoms with Gasteiger partial charge in [-0.3, -0.25) is 14.6 Å². The zero-order chi connectivity index (χ0) is 21.1. The van der Waals surface area contributed by atoms with Crippen molar-refractivity contribution < 1.29 is 9.59 Å². The van der Waals surface area contributed by atoms with E-state index in [0.29, 0.717) is 16.8 Å². The maximum atomic E-state index is 12.7. The molecule has 1 N–H and O–H groups in total. The predicted octanol–water partition coefficient (Wildman–Crippen LogP) is 5.26. The number of anilines is 1. The summed E-state index contributed by atoms with van der Waals surface area (Å²) in [4.78, 5) is 30.1. The van der Waals surface area contributed by atoms with Crippen LogP contribution in [0.3, 0.4) is 0 Å². The largest absolute Gasteiger partial charge is 0.326 e. The van der Waals surface area contributed by atoms with Gasteiger partial charge < -0.3 is 5.32 Å². The summed E-state index contributed by atoms with van der Waals surface area (Å²) in [6, 6.07) is 24.1. The van der Waals surface area contributed by atoms with Gasteiger partial charge in [0.2, 0.25) is 5.91 Å². The second kappa shape index (κ2) is 8.29. The molecule has 0 aliphatic carbocycles. The van der Waals surface area contributed by atoms with E-state index in [1.165, 1.54) is 0 Å². The van der Waals surface area contributed by atoms with Crippen molar-refractivity contribution in [2.45, 2.75) is 20.3 Å². The highest BCUT2D eigenvalue weighted by Crippen LogP contribution is 2.23. The fraction of sp³-hybridized carbons (Fsp3) is 0.115. The van der Waals surface area contributed by atoms with Crippen LogP contribution in [0, 0.1) is 13.8 Å². The highest BCUT2D eigenvalue weighted by atomic mass is 16.1. The van der Waals surface area contributed by atoms with Crippen molar-refractivity contribution in [3.05, 3.63) is 107 Å². The summed E-state index contributed by atoms with van der Waals surface area (Å²) in [5.41, 5.74) is 5.56. The normalized spacial score (nSPS) is 10.7. The van der Waals surface area contributed by atoms with E-state index in [9.17, 15) is 9.59 Å². The van der Waals surface area contributed by atoms with Gasteiger partial charge in [0.05, 0.1) is 11.9 Å². The van der Waals surface area contributed by atoms with Crippen LogP contribution < -0.4 is 5.32 Å². The summed E-state index contributed by atoms with van der Waals surface area (Å²) in [7, 11) is 0. The molecule has 1 aromatic heterocycles. The first-order valence-electron chi connectivity index (χ1n) is 9.87. The predicted molar refractivity (Wildman–Crippen MR) is 120 cm³/mol. The number of rotatable bonds is 5. The van der Waals surface area contributed by atoms with Gasteiger partial charge in [-0.1, -0.05) is 60.7 Å². The summed E-state index contributed by atoms with van der Waals surface area (Å²) >= 11 is 0. The second-order valence-corrected chi connectivity index (χ2v) is 7.32. The summed E-state index contributed by atoms with van der Waals surface area (Å²) in [6.07, 6.45) is 0.229. The second-order valence-electron chi connectivity index (χ2n) is 7.32. The minimum atomic E-state index is -0.136. The molecule has 0 aliphatic heterocycles. The van der Waals surface area contributed by atoms with Crippen molar-refractivity contribution >= 4 is 28.3 Å². The van der Waals surface area contributed by atoms with Crippen LogP contribution in [-0.4, -0.2) is 16.7 Å². The highest BCUT2D eigenvalue weighted by Gasteiger charge is 2.14. The molecule has 148 valence electrons. The van der Waals surface area contributed by atoms with Gasteiger partial charge in [0.15, 0.2) is 5.78 Å². The molecule has 0 spiro atoms. The van der Waals surface area contributed by atoms with Gasteiger partial charge in [0.1, 0.15) is 0 Å². The lowest BCUT2D eigenvalue weighted by atomic mass is 9.99. The fourth-order valence-electron chi connectivity index (χ4n) is 3.69. The molecule has 0 radical (unpaired) electrons. The fourth-order valence-corrected chi connectivity index (χ4v) is 3.69. The van der Waals surface area contributed by atoms with Gasteiger partial charge in [-0.2, -0.15) is 0 Å². The summed E-state index contributed by atoms with van der Waals surface area (Å²) < 4.78 is 0. The first kappa shape index (κ1) is 19.5. The number of para-hydroxylation sites is 1. The van der Waals surface area contributed by atoms with Crippen LogP contribution in [0.1, 0.15) is 32.7 Å². The molecule has 0 saturated heterocycles. The van der Waals surface area contributed by atoms with Crippen molar-refractivity contribution in [2.75, 3.05) is 5.32 Å². The number of pyridine rings is 1. The zero-order valence-electron chi connectivity index (χ0n) is 17.0. The van der Waals surface area contributed by atoms with E-state index in [-0.39, 0.29) is 18.1 Å². The van der Waals surface area contributed by atoms with Crippen LogP contribution in [-0.2, 0) is 11.2 Å². The maximum absolute atomic E-state index is 12.7. The number of carbonyl (C=O) groups is 2. The lowest BCUT2D eigenvalue weighted by Gasteiger charge is -2.13. The van der Waals surface area contributed by atoms with Crippen molar-refractivity contribution in [3.8, 4) is 0 Å². The average molecular weight is 394 g/mol. The Labute approximate surface area is 175 Å². The number of aryl methyl sites for hydroxylation is 2. The molecule has 0 unspecified atom stereocenters. The van der Waals surface area contributed by atoms with Crippen LogP contribution in [0.4, 0.5) is 5.69 Å². The number of nitrogens with one attached hydrogen (secondary N) is 1. The Balaban J connectivity index is 1.54. The van der Waals surface area contributed by atoms with Crippen LogP contribution in [0.15, 0.2) is 78.9 Å². The standard InChI is InChI=1S/C26H22N2O2/c1-17-22-13-6-7-14-24(22)27-18(2)23(17)16-25(29)28-21-12-8-11-20(15-21)26(30)19-9-4-3-5-10-19/h3-15H,16H2,1-2H3,(H,28,29). The summed E-state index contributed by atoms with van der Waals surface area (Å²) in [5, 5.41) is 3.98. The molecule has 0 aliphatic rings. The number of nitrogens with zero attached hydrogens (tertiary/aromatic N) is 1. The first-order chi connectivity index (χ1) is 14.5. The summed E-state index contributed by atoms with van der Waals surface area (Å²) in [5.74, 6) is -0.209. The molecule has 0 bridgehead atoms. The molecular formula is C26H22N2O2. The molecule has 3 aromatic carbocycles. The maximum Gasteiger partial charge on any atom is 0.228 e. The number of amides is 1. The Bertz CT molecular complexity index is 1250. The monoisotopic (exact) mass is 394 g/mol. The van der Waals surface area contributed by atoms with E-state index in [2.05, 4.69) is 10.3 Å². The molecule has 0 atom stereocenters. The van der Waals surface area contributed by atoms with Crippen LogP contribution >= 0.6 is 0 Å². The van der Waals surface area contributed by atoms with Gasteiger partial charge in [0.25, 0.3) is 0 Å². The molecule has 0 saturated carbocycles. The smallest absolute Gasteiger partial charge is 0.228 e. The SMILES string of the molecule is Cc1nc2ccccc2c(C)c1CC(=O)Nc1cccc(C(=O)c2ccccc2)c1. The Kier molecular flexibility index (Phi) is 5.40. The van der Waals surface area contributed by atoms with Gasteiger partial charge in [-0.05, 0) is 43.2 Å². The molecule has 1 amide bonds. The third kappa shape index (κ3) is 3.98. The van der Waals surface area contributed by atoms with E-state index in [1.807, 2.05) is 56.3 Å². The minimum absolute atomic E-state index is 0.0721. The number of aromatic nitrogens is 1. The van der Waals surface area contributed by atoms with Gasteiger partial charge in [0, 0.05) is 27.9 Å². The van der Waals surface area contributed by atoms with Gasteiger partial charge in [-0.25, -0.2) is 0 Å². The van der Waals surface area contributed by atoms with E-state index in [1.54, 1.807) is 36.4 Å². The zero-order valence-corrected chi connectivity index (χ0v) is 17.0. The lowest BCUT2D eigenvalue weighted by Crippen LogP contribution is -2.16. The molecule has 4 nitrogen and oxygen atoms in total. The first-order valence-corrected chi connectivity index (χ1v) is 9.87.